The summed E-state index contributed by atoms with van der Waals surface area (Å²) in [6.45, 7) is 6.80. The van der Waals surface area contributed by atoms with E-state index >= 15 is 0 Å². The lowest BCUT2D eigenvalue weighted by Crippen LogP contribution is -2.43. The minimum atomic E-state index is -0.202. The summed E-state index contributed by atoms with van der Waals surface area (Å²) in [5.74, 6) is 0.354. The van der Waals surface area contributed by atoms with Gasteiger partial charge in [-0.25, -0.2) is 0 Å². The Balaban J connectivity index is 1.96. The average Bonchev–Trinajstić information content (AvgIpc) is 2.60. The molecule has 0 radical (unpaired) electrons. The van der Waals surface area contributed by atoms with E-state index < -0.39 is 0 Å². The number of amides is 1. The van der Waals surface area contributed by atoms with E-state index in [-0.39, 0.29) is 23.1 Å². The molecule has 2 rings (SSSR count). The standard InChI is InChI=1S/C23H32N2O2/c1-17-13-21(26)12-11-18(17)14-20(25(4)5)16-24-22(27)15-23(2,3)19-9-7-6-8-10-19/h6-13,20,26H,14-16H2,1-5H3,(H,24,27)/t20-/m0/s1. The monoisotopic (exact) mass is 368 g/mol. The van der Waals surface area contributed by atoms with Gasteiger partial charge < -0.3 is 15.3 Å². The Bertz CT molecular complexity index is 754. The van der Waals surface area contributed by atoms with Crippen LogP contribution in [-0.4, -0.2) is 42.6 Å². The van der Waals surface area contributed by atoms with Crippen molar-refractivity contribution in [2.75, 3.05) is 20.6 Å². The molecule has 0 heterocycles. The van der Waals surface area contributed by atoms with Gasteiger partial charge in [-0.15, -0.1) is 0 Å². The van der Waals surface area contributed by atoms with Crippen molar-refractivity contribution in [1.29, 1.82) is 0 Å². The van der Waals surface area contributed by atoms with Crippen molar-refractivity contribution in [2.24, 2.45) is 0 Å². The van der Waals surface area contributed by atoms with Gasteiger partial charge in [0.05, 0.1) is 0 Å². The minimum Gasteiger partial charge on any atom is -0.508 e. The summed E-state index contributed by atoms with van der Waals surface area (Å²) in [5, 5.41) is 12.7. The molecule has 0 fully saturated rings. The molecule has 0 saturated carbocycles. The maximum Gasteiger partial charge on any atom is 0.220 e. The number of nitrogens with zero attached hydrogens (tertiary/aromatic N) is 1. The second kappa shape index (κ2) is 9.05. The van der Waals surface area contributed by atoms with Crippen molar-refractivity contribution >= 4 is 5.91 Å². The van der Waals surface area contributed by atoms with Gasteiger partial charge in [-0.3, -0.25) is 4.79 Å². The molecule has 2 N–H and O–H groups in total. The molecular formula is C23H32N2O2. The Labute approximate surface area is 163 Å². The van der Waals surface area contributed by atoms with Gasteiger partial charge >= 0.3 is 0 Å². The summed E-state index contributed by atoms with van der Waals surface area (Å²) >= 11 is 0. The quantitative estimate of drug-likeness (QED) is 0.748. The summed E-state index contributed by atoms with van der Waals surface area (Å²) < 4.78 is 0. The summed E-state index contributed by atoms with van der Waals surface area (Å²) in [4.78, 5) is 14.7. The number of carbonyl (C=O) groups excluding carboxylic acids is 1. The molecule has 0 aliphatic carbocycles. The van der Waals surface area contributed by atoms with Gasteiger partial charge in [0.25, 0.3) is 0 Å². The summed E-state index contributed by atoms with van der Waals surface area (Å²) in [5.41, 5.74) is 3.22. The number of rotatable bonds is 8. The number of hydrogen-bond acceptors (Lipinski definition) is 3. The summed E-state index contributed by atoms with van der Waals surface area (Å²) in [7, 11) is 4.06. The predicted molar refractivity (Wildman–Crippen MR) is 111 cm³/mol. The maximum atomic E-state index is 12.6. The molecule has 0 aromatic heterocycles. The lowest BCUT2D eigenvalue weighted by Gasteiger charge is -2.28. The van der Waals surface area contributed by atoms with Crippen LogP contribution in [0.1, 0.15) is 37.0 Å². The number of hydrogen-bond donors (Lipinski definition) is 2. The zero-order chi connectivity index (χ0) is 20.0. The highest BCUT2D eigenvalue weighted by Gasteiger charge is 2.24. The largest absolute Gasteiger partial charge is 0.508 e. The molecule has 0 aliphatic heterocycles. The van der Waals surface area contributed by atoms with Gasteiger partial charge in [0.15, 0.2) is 0 Å². The van der Waals surface area contributed by atoms with Crippen LogP contribution < -0.4 is 5.32 Å². The highest BCUT2D eigenvalue weighted by atomic mass is 16.3. The Hall–Kier alpha value is -2.33. The van der Waals surface area contributed by atoms with E-state index in [1.54, 1.807) is 12.1 Å². The van der Waals surface area contributed by atoms with E-state index in [0.717, 1.165) is 12.0 Å². The third-order valence-electron chi connectivity index (χ3n) is 5.20. The normalized spacial score (nSPS) is 12.8. The van der Waals surface area contributed by atoms with Crippen molar-refractivity contribution in [2.45, 2.75) is 45.1 Å². The van der Waals surface area contributed by atoms with Crippen molar-refractivity contribution < 1.29 is 9.90 Å². The molecular weight excluding hydrogens is 336 g/mol. The first kappa shape index (κ1) is 21.0. The summed E-state index contributed by atoms with van der Waals surface area (Å²) in [6.07, 6.45) is 1.27. The number of likely N-dealkylation sites (N-methyl/N-ethyl adjacent to an activating group) is 1. The van der Waals surface area contributed by atoms with Crippen LogP contribution in [0.2, 0.25) is 0 Å². The number of aryl methyl sites for hydroxylation is 1. The molecule has 2 aromatic carbocycles. The zero-order valence-corrected chi connectivity index (χ0v) is 17.1. The van der Waals surface area contributed by atoms with Gasteiger partial charge in [-0.05, 0) is 61.7 Å². The molecule has 1 amide bonds. The first-order chi connectivity index (χ1) is 12.7. The Morgan fingerprint density at radius 3 is 2.41 bits per heavy atom. The van der Waals surface area contributed by atoms with Crippen LogP contribution in [0.25, 0.3) is 0 Å². The van der Waals surface area contributed by atoms with E-state index in [4.69, 9.17) is 0 Å². The van der Waals surface area contributed by atoms with Crippen LogP contribution in [0, 0.1) is 6.92 Å². The number of phenolic OH excluding ortho intramolecular Hbond substituents is 1. The predicted octanol–water partition coefficient (Wildman–Crippen LogP) is 3.66. The van der Waals surface area contributed by atoms with Gasteiger partial charge in [-0.1, -0.05) is 50.2 Å². The van der Waals surface area contributed by atoms with Gasteiger partial charge in [0, 0.05) is 19.0 Å². The van der Waals surface area contributed by atoms with E-state index in [1.807, 2.05) is 45.3 Å². The molecule has 0 saturated heterocycles. The van der Waals surface area contributed by atoms with Gasteiger partial charge in [-0.2, -0.15) is 0 Å². The van der Waals surface area contributed by atoms with Gasteiger partial charge in [0.1, 0.15) is 5.75 Å². The van der Waals surface area contributed by atoms with E-state index in [2.05, 4.69) is 36.2 Å². The number of carbonyl (C=O) groups is 1. The van der Waals surface area contributed by atoms with Crippen molar-refractivity contribution in [1.82, 2.24) is 10.2 Å². The van der Waals surface area contributed by atoms with Crippen LogP contribution >= 0.6 is 0 Å². The third kappa shape index (κ3) is 6.10. The first-order valence-corrected chi connectivity index (χ1v) is 9.46. The highest BCUT2D eigenvalue weighted by molar-refractivity contribution is 5.77. The molecule has 146 valence electrons. The molecule has 0 bridgehead atoms. The Morgan fingerprint density at radius 1 is 1.15 bits per heavy atom. The molecule has 0 aliphatic rings. The van der Waals surface area contributed by atoms with Crippen LogP contribution in [0.5, 0.6) is 5.75 Å². The fourth-order valence-corrected chi connectivity index (χ4v) is 3.29. The fraction of sp³-hybridized carbons (Fsp3) is 0.435. The number of benzene rings is 2. The van der Waals surface area contributed by atoms with Crippen LogP contribution in [0.4, 0.5) is 0 Å². The lowest BCUT2D eigenvalue weighted by atomic mass is 9.81. The fourth-order valence-electron chi connectivity index (χ4n) is 3.29. The molecule has 4 nitrogen and oxygen atoms in total. The van der Waals surface area contributed by atoms with Crippen molar-refractivity contribution in [3.63, 3.8) is 0 Å². The molecule has 4 heteroatoms. The summed E-state index contributed by atoms with van der Waals surface area (Å²) in [6, 6.07) is 15.8. The number of phenols is 1. The molecule has 2 aromatic rings. The van der Waals surface area contributed by atoms with Crippen LogP contribution in [0.3, 0.4) is 0 Å². The topological polar surface area (TPSA) is 52.6 Å². The molecule has 1 atom stereocenters. The van der Waals surface area contributed by atoms with Gasteiger partial charge in [0.2, 0.25) is 5.91 Å². The zero-order valence-electron chi connectivity index (χ0n) is 17.1. The molecule has 0 unspecified atom stereocenters. The van der Waals surface area contributed by atoms with E-state index in [0.29, 0.717) is 13.0 Å². The number of aromatic hydroxyl groups is 1. The second-order valence-electron chi connectivity index (χ2n) is 8.16. The van der Waals surface area contributed by atoms with Crippen LogP contribution in [0.15, 0.2) is 48.5 Å². The first-order valence-electron chi connectivity index (χ1n) is 9.46. The average molecular weight is 369 g/mol. The molecule has 0 spiro atoms. The van der Waals surface area contributed by atoms with E-state index in [1.165, 1.54) is 11.1 Å². The lowest BCUT2D eigenvalue weighted by molar-refractivity contribution is -0.122. The van der Waals surface area contributed by atoms with Crippen molar-refractivity contribution in [3.8, 4) is 5.75 Å². The SMILES string of the molecule is Cc1cc(O)ccc1C[C@@H](CNC(=O)CC(C)(C)c1ccccc1)N(C)C. The third-order valence-corrected chi connectivity index (χ3v) is 5.20. The van der Waals surface area contributed by atoms with E-state index in [9.17, 15) is 9.90 Å². The highest BCUT2D eigenvalue weighted by Crippen LogP contribution is 2.26. The Morgan fingerprint density at radius 2 is 1.81 bits per heavy atom. The number of nitrogens with one attached hydrogen (secondary N) is 1. The van der Waals surface area contributed by atoms with Crippen molar-refractivity contribution in [3.05, 3.63) is 65.2 Å². The maximum absolute atomic E-state index is 12.6. The molecule has 27 heavy (non-hydrogen) atoms. The smallest absolute Gasteiger partial charge is 0.220 e. The minimum absolute atomic E-state index is 0.0677. The Kier molecular flexibility index (Phi) is 7.03. The van der Waals surface area contributed by atoms with Crippen LogP contribution in [-0.2, 0) is 16.6 Å². The second-order valence-corrected chi connectivity index (χ2v) is 8.16.